The zero-order valence-electron chi connectivity index (χ0n) is 27.8. The number of hydrogen-bond acceptors (Lipinski definition) is 0. The molecule has 0 radical (unpaired) electrons. The maximum absolute atomic E-state index is 5.70. The molecule has 0 amide bonds. The van der Waals surface area contributed by atoms with Crippen molar-refractivity contribution < 1.29 is 0 Å². The molecule has 0 saturated heterocycles. The van der Waals surface area contributed by atoms with Crippen molar-refractivity contribution >= 4 is 86.9 Å². The van der Waals surface area contributed by atoms with Gasteiger partial charge in [0.25, 0.3) is 0 Å². The average molecular weight is 648 g/mol. The van der Waals surface area contributed by atoms with E-state index in [2.05, 4.69) is 187 Å². The van der Waals surface area contributed by atoms with Crippen LogP contribution in [0.1, 0.15) is 17.3 Å². The Hall–Kier alpha value is -6.64. The Labute approximate surface area is 295 Å². The van der Waals surface area contributed by atoms with Crippen molar-refractivity contribution in [2.45, 2.75) is 6.17 Å². The van der Waals surface area contributed by atoms with Crippen LogP contribution in [0.4, 0.5) is 0 Å². The first-order valence-corrected chi connectivity index (χ1v) is 17.7. The van der Waals surface area contributed by atoms with Crippen molar-refractivity contribution in [1.29, 1.82) is 0 Å². The Bertz CT molecular complexity index is 3110. The van der Waals surface area contributed by atoms with Crippen LogP contribution in [0.5, 0.6) is 0 Å². The SMILES string of the molecule is C1=C(c2cccc3ccccc23)C=C(c2cccc3ccccc23)[N-]C1n1c2ccccc2c2c3c4ccccc4ccc3c3ccccc3c21. The summed E-state index contributed by atoms with van der Waals surface area (Å²) in [6, 6.07) is 61.8. The summed E-state index contributed by atoms with van der Waals surface area (Å²) in [6.45, 7) is 0. The number of para-hydroxylation sites is 1. The highest BCUT2D eigenvalue weighted by Gasteiger charge is 2.22. The molecule has 1 unspecified atom stereocenters. The fourth-order valence-electron chi connectivity index (χ4n) is 8.69. The normalized spacial score (nSPS) is 14.9. The van der Waals surface area contributed by atoms with Crippen molar-refractivity contribution in [3.8, 4) is 0 Å². The topological polar surface area (TPSA) is 19.0 Å². The van der Waals surface area contributed by atoms with Gasteiger partial charge >= 0.3 is 0 Å². The van der Waals surface area contributed by atoms with E-state index in [0.29, 0.717) is 0 Å². The molecule has 2 heteroatoms. The summed E-state index contributed by atoms with van der Waals surface area (Å²) in [5, 5.41) is 20.7. The van der Waals surface area contributed by atoms with Crippen LogP contribution in [0.15, 0.2) is 182 Å². The highest BCUT2D eigenvalue weighted by Crippen LogP contribution is 2.49. The molecule has 238 valence electrons. The first kappa shape index (κ1) is 28.2. The number of rotatable bonds is 3. The zero-order chi connectivity index (χ0) is 33.5. The fraction of sp³-hybridized carbons (Fsp3) is 0.0204. The van der Waals surface area contributed by atoms with E-state index in [1.807, 2.05) is 0 Å². The van der Waals surface area contributed by atoms with Gasteiger partial charge in [-0.2, -0.15) is 0 Å². The smallest absolute Gasteiger partial charge is 0.0568 e. The van der Waals surface area contributed by atoms with Gasteiger partial charge in [0.2, 0.25) is 0 Å². The lowest BCUT2D eigenvalue weighted by atomic mass is 9.92. The van der Waals surface area contributed by atoms with Gasteiger partial charge in [0.05, 0.1) is 5.52 Å². The molecule has 1 aliphatic heterocycles. The van der Waals surface area contributed by atoms with Crippen LogP contribution in [-0.4, -0.2) is 4.57 Å². The van der Waals surface area contributed by atoms with Gasteiger partial charge in [-0.25, -0.2) is 0 Å². The van der Waals surface area contributed by atoms with E-state index in [4.69, 9.17) is 5.32 Å². The highest BCUT2D eigenvalue weighted by molar-refractivity contribution is 6.36. The van der Waals surface area contributed by atoms with E-state index >= 15 is 0 Å². The first-order valence-electron chi connectivity index (χ1n) is 17.7. The van der Waals surface area contributed by atoms with Crippen molar-refractivity contribution in [3.63, 3.8) is 0 Å². The third-order valence-corrected chi connectivity index (χ3v) is 10.9. The third kappa shape index (κ3) is 4.17. The van der Waals surface area contributed by atoms with Crippen LogP contribution in [0.3, 0.4) is 0 Å². The highest BCUT2D eigenvalue weighted by atomic mass is 15.2. The molecular formula is C49H31N2-. The Kier molecular flexibility index (Phi) is 6.05. The molecule has 0 fully saturated rings. The summed E-state index contributed by atoms with van der Waals surface area (Å²) < 4.78 is 2.51. The van der Waals surface area contributed by atoms with Gasteiger partial charge in [-0.15, -0.1) is 5.70 Å². The molecule has 1 aromatic heterocycles. The number of fused-ring (bicyclic) bond motifs is 12. The minimum Gasteiger partial charge on any atom is -0.661 e. The molecule has 2 heterocycles. The Morgan fingerprint density at radius 2 is 0.941 bits per heavy atom. The van der Waals surface area contributed by atoms with Gasteiger partial charge < -0.3 is 9.88 Å². The summed E-state index contributed by atoms with van der Waals surface area (Å²) in [5.41, 5.74) is 6.93. The van der Waals surface area contributed by atoms with E-state index < -0.39 is 0 Å². The van der Waals surface area contributed by atoms with Crippen LogP contribution >= 0.6 is 0 Å². The van der Waals surface area contributed by atoms with Crippen LogP contribution in [0.2, 0.25) is 0 Å². The molecule has 0 N–H and O–H groups in total. The van der Waals surface area contributed by atoms with Gasteiger partial charge in [-0.05, 0) is 72.0 Å². The summed E-state index contributed by atoms with van der Waals surface area (Å²) in [4.78, 5) is 0. The van der Waals surface area contributed by atoms with Crippen molar-refractivity contribution in [1.82, 2.24) is 4.57 Å². The molecule has 51 heavy (non-hydrogen) atoms. The zero-order valence-corrected chi connectivity index (χ0v) is 27.8. The second kappa shape index (κ2) is 10.9. The molecule has 0 aliphatic carbocycles. The molecule has 11 rings (SSSR count). The molecule has 1 aliphatic rings. The second-order valence-corrected chi connectivity index (χ2v) is 13.6. The summed E-state index contributed by atoms with van der Waals surface area (Å²) >= 11 is 0. The van der Waals surface area contributed by atoms with Crippen LogP contribution in [0, 0.1) is 0 Å². The standard InChI is InChI=1S/C49H31N2/c1-4-18-35-31(13-1)16-11-24-37(35)34-29-44(40-25-12-17-32-14-2-5-19-36(32)40)50-46(30-34)51-45-26-10-9-23-43(45)48-47-38-20-6-3-15-33(38)27-28-41(47)39-21-7-8-22-42(39)49(48)51/h1-30,46H/q-1. The third-order valence-electron chi connectivity index (χ3n) is 10.9. The van der Waals surface area contributed by atoms with Gasteiger partial charge in [-0.1, -0.05) is 176 Å². The van der Waals surface area contributed by atoms with Gasteiger partial charge in [0.15, 0.2) is 0 Å². The van der Waals surface area contributed by atoms with Gasteiger partial charge in [0, 0.05) is 27.1 Å². The quantitative estimate of drug-likeness (QED) is 0.170. The lowest BCUT2D eigenvalue weighted by Crippen LogP contribution is -2.10. The van der Waals surface area contributed by atoms with E-state index in [-0.39, 0.29) is 6.17 Å². The van der Waals surface area contributed by atoms with Crippen LogP contribution in [-0.2, 0) is 0 Å². The van der Waals surface area contributed by atoms with Gasteiger partial charge in [0.1, 0.15) is 0 Å². The summed E-state index contributed by atoms with van der Waals surface area (Å²) in [6.07, 6.45) is 4.38. The number of benzene rings is 9. The number of nitrogens with zero attached hydrogens (tertiary/aromatic N) is 2. The minimum atomic E-state index is -0.295. The van der Waals surface area contributed by atoms with Crippen LogP contribution in [0.25, 0.3) is 92.3 Å². The predicted molar refractivity (Wildman–Crippen MR) is 218 cm³/mol. The van der Waals surface area contributed by atoms with E-state index in [1.54, 1.807) is 0 Å². The fourth-order valence-corrected chi connectivity index (χ4v) is 8.69. The van der Waals surface area contributed by atoms with E-state index in [0.717, 1.165) is 11.3 Å². The van der Waals surface area contributed by atoms with E-state index in [9.17, 15) is 0 Å². The second-order valence-electron chi connectivity index (χ2n) is 13.6. The van der Waals surface area contributed by atoms with Crippen LogP contribution < -0.4 is 0 Å². The number of allylic oxidation sites excluding steroid dienone is 2. The monoisotopic (exact) mass is 647 g/mol. The Morgan fingerprint density at radius 3 is 1.69 bits per heavy atom. The van der Waals surface area contributed by atoms with Crippen molar-refractivity contribution in [3.05, 3.63) is 198 Å². The molecule has 0 saturated carbocycles. The molecule has 0 spiro atoms. The van der Waals surface area contributed by atoms with Gasteiger partial charge in [-0.3, -0.25) is 0 Å². The molecular weight excluding hydrogens is 617 g/mol. The lowest BCUT2D eigenvalue weighted by Gasteiger charge is -2.40. The Balaban J connectivity index is 1.28. The first-order chi connectivity index (χ1) is 25.3. The maximum Gasteiger partial charge on any atom is 0.0568 e. The summed E-state index contributed by atoms with van der Waals surface area (Å²) in [5.74, 6) is 0. The molecule has 1 atom stereocenters. The summed E-state index contributed by atoms with van der Waals surface area (Å²) in [7, 11) is 0. The molecule has 0 bridgehead atoms. The Morgan fingerprint density at radius 1 is 0.392 bits per heavy atom. The average Bonchev–Trinajstić information content (AvgIpc) is 3.55. The van der Waals surface area contributed by atoms with Crippen molar-refractivity contribution in [2.75, 3.05) is 0 Å². The number of hydrogen-bond donors (Lipinski definition) is 0. The molecule has 10 aromatic rings. The van der Waals surface area contributed by atoms with Crippen molar-refractivity contribution in [2.24, 2.45) is 0 Å². The lowest BCUT2D eigenvalue weighted by molar-refractivity contribution is 0.762. The predicted octanol–water partition coefficient (Wildman–Crippen LogP) is 13.6. The minimum absolute atomic E-state index is 0.295. The van der Waals surface area contributed by atoms with E-state index in [1.165, 1.54) is 86.8 Å². The molecule has 9 aromatic carbocycles. The maximum atomic E-state index is 5.70. The molecule has 2 nitrogen and oxygen atoms in total. The largest absolute Gasteiger partial charge is 0.661 e. The number of aromatic nitrogens is 1.